The van der Waals surface area contributed by atoms with Crippen LogP contribution in [-0.4, -0.2) is 15.6 Å². The van der Waals surface area contributed by atoms with Crippen molar-refractivity contribution in [2.75, 3.05) is 0 Å². The van der Waals surface area contributed by atoms with E-state index in [-0.39, 0.29) is 11.8 Å². The summed E-state index contributed by atoms with van der Waals surface area (Å²) in [4.78, 5) is 11.1. The second-order valence-corrected chi connectivity index (χ2v) is 4.78. The van der Waals surface area contributed by atoms with Gasteiger partial charge in [0.1, 0.15) is 0 Å². The maximum Gasteiger partial charge on any atom is 0.311 e. The molecule has 1 aromatic heterocycles. The molecule has 0 spiro atoms. The van der Waals surface area contributed by atoms with Crippen molar-refractivity contribution in [2.24, 2.45) is 5.92 Å². The van der Waals surface area contributed by atoms with Crippen molar-refractivity contribution in [3.8, 4) is 0 Å². The zero-order valence-corrected chi connectivity index (χ0v) is 9.40. The molecule has 0 saturated carbocycles. The fraction of sp³-hybridized carbons (Fsp3) is 0.583. The largest absolute Gasteiger partial charge is 0.481 e. The average Bonchev–Trinajstić information content (AvgIpc) is 2.58. The highest BCUT2D eigenvalue weighted by Crippen LogP contribution is 2.39. The third-order valence-electron chi connectivity index (χ3n) is 3.27. The maximum absolute atomic E-state index is 11.1. The van der Waals surface area contributed by atoms with E-state index in [0.29, 0.717) is 6.04 Å². The van der Waals surface area contributed by atoms with Gasteiger partial charge in [0.25, 0.3) is 0 Å². The monoisotopic (exact) mass is 207 g/mol. The van der Waals surface area contributed by atoms with Crippen molar-refractivity contribution in [1.29, 1.82) is 0 Å². The van der Waals surface area contributed by atoms with Gasteiger partial charge in [-0.25, -0.2) is 0 Å². The van der Waals surface area contributed by atoms with Crippen molar-refractivity contribution in [1.82, 2.24) is 4.57 Å². The number of carbonyl (C=O) groups is 1. The van der Waals surface area contributed by atoms with E-state index < -0.39 is 5.97 Å². The second kappa shape index (κ2) is 3.40. The molecule has 82 valence electrons. The van der Waals surface area contributed by atoms with Gasteiger partial charge < -0.3 is 9.67 Å². The van der Waals surface area contributed by atoms with Gasteiger partial charge in [0.05, 0.1) is 5.92 Å². The van der Waals surface area contributed by atoms with E-state index >= 15 is 0 Å². The molecule has 0 radical (unpaired) electrons. The first kappa shape index (κ1) is 10.3. The van der Waals surface area contributed by atoms with Crippen molar-refractivity contribution >= 4 is 5.97 Å². The van der Waals surface area contributed by atoms with E-state index in [4.69, 9.17) is 5.11 Å². The summed E-state index contributed by atoms with van der Waals surface area (Å²) in [6.07, 6.45) is 4.99. The van der Waals surface area contributed by atoms with Crippen molar-refractivity contribution in [2.45, 2.75) is 39.2 Å². The van der Waals surface area contributed by atoms with Gasteiger partial charge in [0.15, 0.2) is 0 Å². The van der Waals surface area contributed by atoms with Gasteiger partial charge >= 0.3 is 5.97 Å². The summed E-state index contributed by atoms with van der Waals surface area (Å²) in [5.74, 6) is -0.767. The molecule has 0 aliphatic heterocycles. The molecule has 1 N–H and O–H groups in total. The Hall–Kier alpha value is -1.25. The number of hydrogen-bond acceptors (Lipinski definition) is 1. The van der Waals surface area contributed by atoms with Crippen LogP contribution in [0.25, 0.3) is 0 Å². The van der Waals surface area contributed by atoms with Crippen LogP contribution in [0.3, 0.4) is 0 Å². The van der Waals surface area contributed by atoms with Gasteiger partial charge in [-0.05, 0) is 37.3 Å². The lowest BCUT2D eigenvalue weighted by Crippen LogP contribution is -2.15. The molecule has 3 nitrogen and oxygen atoms in total. The summed E-state index contributed by atoms with van der Waals surface area (Å²) >= 11 is 0. The third-order valence-corrected chi connectivity index (χ3v) is 3.27. The molecule has 0 saturated heterocycles. The van der Waals surface area contributed by atoms with Gasteiger partial charge in [0.2, 0.25) is 0 Å². The molecule has 15 heavy (non-hydrogen) atoms. The molecule has 3 heteroatoms. The van der Waals surface area contributed by atoms with Crippen LogP contribution in [0.1, 0.15) is 43.9 Å². The Morgan fingerprint density at radius 2 is 2.20 bits per heavy atom. The van der Waals surface area contributed by atoms with Gasteiger partial charge in [0, 0.05) is 18.4 Å². The van der Waals surface area contributed by atoms with Gasteiger partial charge in [-0.15, -0.1) is 0 Å². The summed E-state index contributed by atoms with van der Waals surface area (Å²) in [6.45, 7) is 6.22. The summed E-state index contributed by atoms with van der Waals surface area (Å²) in [7, 11) is 0. The zero-order chi connectivity index (χ0) is 11.2. The van der Waals surface area contributed by atoms with Crippen molar-refractivity contribution in [3.63, 3.8) is 0 Å². The highest BCUT2D eigenvalue weighted by atomic mass is 16.4. The van der Waals surface area contributed by atoms with Crippen molar-refractivity contribution < 1.29 is 9.90 Å². The topological polar surface area (TPSA) is 42.2 Å². The Morgan fingerprint density at radius 1 is 1.53 bits per heavy atom. The summed E-state index contributed by atoms with van der Waals surface area (Å²) < 4.78 is 2.10. The minimum absolute atomic E-state index is 0.231. The molecule has 2 unspecified atom stereocenters. The van der Waals surface area contributed by atoms with Crippen LogP contribution in [0.4, 0.5) is 0 Å². The van der Waals surface area contributed by atoms with Crippen molar-refractivity contribution in [3.05, 3.63) is 23.5 Å². The quantitative estimate of drug-likeness (QED) is 0.809. The lowest BCUT2D eigenvalue weighted by atomic mass is 9.95. The van der Waals surface area contributed by atoms with Crippen LogP contribution in [0.15, 0.2) is 12.4 Å². The lowest BCUT2D eigenvalue weighted by molar-refractivity contribution is -0.139. The first-order valence-electron chi connectivity index (χ1n) is 5.43. The first-order chi connectivity index (χ1) is 7.00. The van der Waals surface area contributed by atoms with Crippen LogP contribution in [-0.2, 0) is 11.2 Å². The van der Waals surface area contributed by atoms with Crippen LogP contribution in [0.2, 0.25) is 0 Å². The van der Waals surface area contributed by atoms with Gasteiger partial charge in [-0.2, -0.15) is 0 Å². The normalized spacial score (nSPS) is 24.5. The molecule has 1 aromatic rings. The van der Waals surface area contributed by atoms with Gasteiger partial charge in [-0.1, -0.05) is 6.92 Å². The third kappa shape index (κ3) is 1.56. The van der Waals surface area contributed by atoms with E-state index in [1.54, 1.807) is 0 Å². The van der Waals surface area contributed by atoms with E-state index in [1.165, 1.54) is 5.56 Å². The minimum atomic E-state index is -0.692. The molecule has 1 heterocycles. The standard InChI is InChI=1S/C12H17NO2/c1-7(2)13-5-9-4-8(3)11(12(14)15)10(9)6-13/h5-8,11H,4H2,1-3H3,(H,14,15). The number of rotatable bonds is 2. The van der Waals surface area contributed by atoms with Crippen LogP contribution >= 0.6 is 0 Å². The number of aliphatic carboxylic acids is 1. The zero-order valence-electron chi connectivity index (χ0n) is 9.40. The van der Waals surface area contributed by atoms with Crippen LogP contribution in [0.5, 0.6) is 0 Å². The molecule has 2 atom stereocenters. The molecule has 1 aliphatic carbocycles. The van der Waals surface area contributed by atoms with Crippen LogP contribution in [0, 0.1) is 5.92 Å². The SMILES string of the molecule is CC1Cc2cn(C(C)C)cc2C1C(=O)O. The molecular formula is C12H17NO2. The Balaban J connectivity index is 2.39. The molecule has 2 rings (SSSR count). The Kier molecular flexibility index (Phi) is 2.33. The number of carboxylic acids is 1. The highest BCUT2D eigenvalue weighted by Gasteiger charge is 2.36. The number of aromatic nitrogens is 1. The molecule has 1 aliphatic rings. The van der Waals surface area contributed by atoms with E-state index in [0.717, 1.165) is 12.0 Å². The van der Waals surface area contributed by atoms with E-state index in [9.17, 15) is 4.79 Å². The number of nitrogens with zero attached hydrogens (tertiary/aromatic N) is 1. The number of hydrogen-bond donors (Lipinski definition) is 1. The van der Waals surface area contributed by atoms with E-state index in [1.807, 2.05) is 13.1 Å². The number of carboxylic acid groups (broad SMARTS) is 1. The maximum atomic E-state index is 11.1. The smallest absolute Gasteiger partial charge is 0.311 e. The average molecular weight is 207 g/mol. The summed E-state index contributed by atoms with van der Waals surface area (Å²) in [5.41, 5.74) is 2.23. The summed E-state index contributed by atoms with van der Waals surface area (Å²) in [5, 5.41) is 9.17. The first-order valence-corrected chi connectivity index (χ1v) is 5.43. The Labute approximate surface area is 89.7 Å². The fourth-order valence-corrected chi connectivity index (χ4v) is 2.43. The molecule has 0 amide bonds. The van der Waals surface area contributed by atoms with E-state index in [2.05, 4.69) is 24.6 Å². The highest BCUT2D eigenvalue weighted by molar-refractivity contribution is 5.78. The molecule has 0 fully saturated rings. The van der Waals surface area contributed by atoms with Gasteiger partial charge in [-0.3, -0.25) is 4.79 Å². The minimum Gasteiger partial charge on any atom is -0.481 e. The second-order valence-electron chi connectivity index (χ2n) is 4.78. The van der Waals surface area contributed by atoms with Crippen LogP contribution < -0.4 is 0 Å². The molecular weight excluding hydrogens is 190 g/mol. The Bertz CT molecular complexity index is 392. The fourth-order valence-electron chi connectivity index (χ4n) is 2.43. The lowest BCUT2D eigenvalue weighted by Gasteiger charge is -2.12. The molecule has 0 bridgehead atoms. The Morgan fingerprint density at radius 3 is 2.73 bits per heavy atom. The number of fused-ring (bicyclic) bond motifs is 1. The molecule has 0 aromatic carbocycles. The summed E-state index contributed by atoms with van der Waals surface area (Å²) in [6, 6.07) is 0.403. The predicted molar refractivity (Wildman–Crippen MR) is 58.1 cm³/mol. The predicted octanol–water partition coefficient (Wildman–Crippen LogP) is 2.43.